The number of aryl methyl sites for hydroxylation is 1. The highest BCUT2D eigenvalue weighted by molar-refractivity contribution is 14.0. The van der Waals surface area contributed by atoms with Crippen LogP contribution in [-0.2, 0) is 10.2 Å². The van der Waals surface area contributed by atoms with Gasteiger partial charge in [-0.1, -0.05) is 24.3 Å². The van der Waals surface area contributed by atoms with Crippen LogP contribution in [0.3, 0.4) is 0 Å². The highest BCUT2D eigenvalue weighted by atomic mass is 127. The number of nitrogens with zero attached hydrogens (tertiary/aromatic N) is 2. The number of benzene rings is 1. The molecule has 1 aliphatic carbocycles. The van der Waals surface area contributed by atoms with Gasteiger partial charge in [0.05, 0.1) is 6.54 Å². The van der Waals surface area contributed by atoms with Gasteiger partial charge in [-0.15, -0.1) is 24.0 Å². The zero-order chi connectivity index (χ0) is 19.3. The number of guanidine groups is 1. The van der Waals surface area contributed by atoms with E-state index in [9.17, 15) is 4.79 Å². The fourth-order valence-corrected chi connectivity index (χ4v) is 4.20. The van der Waals surface area contributed by atoms with Crippen LogP contribution in [0.15, 0.2) is 29.3 Å². The SMILES string of the molecule is CCNC(=NCC1(c2ccccc2C)CC1)N1CCC(CC(=O)NC)CC1.I. The quantitative estimate of drug-likeness (QED) is 0.359. The molecule has 1 heterocycles. The summed E-state index contributed by atoms with van der Waals surface area (Å²) in [6.45, 7) is 8.03. The number of amides is 1. The number of likely N-dealkylation sites (tertiary alicyclic amines) is 1. The van der Waals surface area contributed by atoms with Gasteiger partial charge in [-0.25, -0.2) is 0 Å². The first-order valence-corrected chi connectivity index (χ1v) is 10.4. The third kappa shape index (κ3) is 5.61. The Hall–Kier alpha value is -1.31. The molecule has 28 heavy (non-hydrogen) atoms. The molecule has 1 aromatic rings. The summed E-state index contributed by atoms with van der Waals surface area (Å²) in [6, 6.07) is 8.75. The van der Waals surface area contributed by atoms with E-state index in [0.29, 0.717) is 12.3 Å². The van der Waals surface area contributed by atoms with Crippen molar-refractivity contribution in [2.24, 2.45) is 10.9 Å². The van der Waals surface area contributed by atoms with Crippen molar-refractivity contribution in [2.75, 3.05) is 33.2 Å². The minimum atomic E-state index is 0. The van der Waals surface area contributed by atoms with Crippen LogP contribution in [0.2, 0.25) is 0 Å². The fourth-order valence-electron chi connectivity index (χ4n) is 4.20. The van der Waals surface area contributed by atoms with E-state index in [1.54, 1.807) is 7.05 Å². The predicted octanol–water partition coefficient (Wildman–Crippen LogP) is 3.46. The summed E-state index contributed by atoms with van der Waals surface area (Å²) in [5, 5.41) is 6.22. The number of piperidine rings is 1. The minimum absolute atomic E-state index is 0. The Balaban J connectivity index is 0.00000280. The molecule has 0 spiro atoms. The molecule has 0 radical (unpaired) electrons. The minimum Gasteiger partial charge on any atom is -0.359 e. The Labute approximate surface area is 186 Å². The predicted molar refractivity (Wildman–Crippen MR) is 126 cm³/mol. The van der Waals surface area contributed by atoms with E-state index in [1.807, 2.05) is 0 Å². The summed E-state index contributed by atoms with van der Waals surface area (Å²) < 4.78 is 0. The second-order valence-corrected chi connectivity index (χ2v) is 8.07. The third-order valence-corrected chi connectivity index (χ3v) is 6.10. The highest BCUT2D eigenvalue weighted by Gasteiger charge is 2.45. The Morgan fingerprint density at radius 2 is 1.93 bits per heavy atom. The Bertz CT molecular complexity index is 679. The summed E-state index contributed by atoms with van der Waals surface area (Å²) in [6.07, 6.45) is 5.22. The first kappa shape index (κ1) is 23.0. The summed E-state index contributed by atoms with van der Waals surface area (Å²) in [7, 11) is 1.72. The van der Waals surface area contributed by atoms with E-state index in [1.165, 1.54) is 24.0 Å². The molecule has 0 unspecified atom stereocenters. The average Bonchev–Trinajstić information content (AvgIpc) is 3.47. The van der Waals surface area contributed by atoms with Gasteiger partial charge in [0.25, 0.3) is 0 Å². The standard InChI is InChI=1S/C22H34N4O.HI/c1-4-24-21(26-13-9-18(10-14-26)15-20(27)23-3)25-16-22(11-12-22)19-8-6-5-7-17(19)2;/h5-8,18H,4,9-16H2,1-3H3,(H,23,27)(H,24,25);1H. The third-order valence-electron chi connectivity index (χ3n) is 6.10. The molecule has 6 heteroatoms. The van der Waals surface area contributed by atoms with Crippen molar-refractivity contribution in [1.29, 1.82) is 0 Å². The van der Waals surface area contributed by atoms with Crippen molar-refractivity contribution >= 4 is 35.8 Å². The number of nitrogens with one attached hydrogen (secondary N) is 2. The van der Waals surface area contributed by atoms with Crippen LogP contribution in [0.4, 0.5) is 0 Å². The number of halogens is 1. The van der Waals surface area contributed by atoms with Crippen LogP contribution in [0.1, 0.15) is 50.2 Å². The molecule has 2 aliphatic rings. The number of carbonyl (C=O) groups is 1. The molecular formula is C22H35IN4O. The second kappa shape index (κ2) is 10.5. The van der Waals surface area contributed by atoms with Crippen LogP contribution in [0, 0.1) is 12.8 Å². The number of rotatable bonds is 6. The van der Waals surface area contributed by atoms with Crippen LogP contribution in [0.5, 0.6) is 0 Å². The van der Waals surface area contributed by atoms with Gasteiger partial charge >= 0.3 is 0 Å². The van der Waals surface area contributed by atoms with Crippen LogP contribution >= 0.6 is 24.0 Å². The van der Waals surface area contributed by atoms with Gasteiger partial charge in [0.1, 0.15) is 0 Å². The van der Waals surface area contributed by atoms with Gasteiger partial charge in [0, 0.05) is 38.5 Å². The van der Waals surface area contributed by atoms with E-state index in [4.69, 9.17) is 4.99 Å². The van der Waals surface area contributed by atoms with Crippen molar-refractivity contribution in [3.8, 4) is 0 Å². The van der Waals surface area contributed by atoms with Gasteiger partial charge in [-0.2, -0.15) is 0 Å². The van der Waals surface area contributed by atoms with Gasteiger partial charge in [0.2, 0.25) is 5.91 Å². The largest absolute Gasteiger partial charge is 0.359 e. The van der Waals surface area contributed by atoms with Crippen molar-refractivity contribution in [3.63, 3.8) is 0 Å². The maximum atomic E-state index is 11.6. The van der Waals surface area contributed by atoms with E-state index in [0.717, 1.165) is 45.0 Å². The van der Waals surface area contributed by atoms with Crippen LogP contribution in [0.25, 0.3) is 0 Å². The normalized spacial score (nSPS) is 19.0. The topological polar surface area (TPSA) is 56.7 Å². The lowest BCUT2D eigenvalue weighted by Gasteiger charge is -2.34. The Morgan fingerprint density at radius 3 is 2.50 bits per heavy atom. The van der Waals surface area contributed by atoms with Gasteiger partial charge in [0.15, 0.2) is 5.96 Å². The summed E-state index contributed by atoms with van der Waals surface area (Å²) >= 11 is 0. The van der Waals surface area contributed by atoms with Crippen LogP contribution < -0.4 is 10.6 Å². The molecule has 1 aliphatic heterocycles. The van der Waals surface area contributed by atoms with Crippen molar-refractivity contribution in [2.45, 2.75) is 51.4 Å². The smallest absolute Gasteiger partial charge is 0.220 e. The van der Waals surface area contributed by atoms with Crippen molar-refractivity contribution in [1.82, 2.24) is 15.5 Å². The van der Waals surface area contributed by atoms with Crippen molar-refractivity contribution in [3.05, 3.63) is 35.4 Å². The molecule has 0 atom stereocenters. The Kier molecular flexibility index (Phi) is 8.58. The zero-order valence-electron chi connectivity index (χ0n) is 17.5. The molecule has 156 valence electrons. The molecule has 5 nitrogen and oxygen atoms in total. The molecular weight excluding hydrogens is 463 g/mol. The maximum absolute atomic E-state index is 11.6. The summed E-state index contributed by atoms with van der Waals surface area (Å²) in [5.74, 6) is 1.68. The van der Waals surface area contributed by atoms with Gasteiger partial charge < -0.3 is 15.5 Å². The summed E-state index contributed by atoms with van der Waals surface area (Å²) in [4.78, 5) is 19.0. The number of hydrogen-bond donors (Lipinski definition) is 2. The van der Waals surface area contributed by atoms with E-state index < -0.39 is 0 Å². The lowest BCUT2D eigenvalue weighted by Crippen LogP contribution is -2.46. The molecule has 3 rings (SSSR count). The fraction of sp³-hybridized carbons (Fsp3) is 0.636. The lowest BCUT2D eigenvalue weighted by molar-refractivity contribution is -0.121. The monoisotopic (exact) mass is 498 g/mol. The molecule has 1 amide bonds. The van der Waals surface area contributed by atoms with E-state index in [-0.39, 0.29) is 35.3 Å². The second-order valence-electron chi connectivity index (χ2n) is 8.07. The highest BCUT2D eigenvalue weighted by Crippen LogP contribution is 2.49. The zero-order valence-corrected chi connectivity index (χ0v) is 19.8. The number of hydrogen-bond acceptors (Lipinski definition) is 2. The molecule has 1 saturated carbocycles. The van der Waals surface area contributed by atoms with Gasteiger partial charge in [-0.3, -0.25) is 9.79 Å². The van der Waals surface area contributed by atoms with Gasteiger partial charge in [-0.05, 0) is 56.6 Å². The van der Waals surface area contributed by atoms with Crippen molar-refractivity contribution < 1.29 is 4.79 Å². The number of aliphatic imine (C=N–C) groups is 1. The Morgan fingerprint density at radius 1 is 1.25 bits per heavy atom. The average molecular weight is 498 g/mol. The first-order chi connectivity index (χ1) is 13.1. The molecule has 2 fully saturated rings. The summed E-state index contributed by atoms with van der Waals surface area (Å²) in [5.41, 5.74) is 3.09. The maximum Gasteiger partial charge on any atom is 0.220 e. The molecule has 0 bridgehead atoms. The van der Waals surface area contributed by atoms with E-state index >= 15 is 0 Å². The lowest BCUT2D eigenvalue weighted by atomic mass is 9.92. The van der Waals surface area contributed by atoms with E-state index in [2.05, 4.69) is 53.6 Å². The molecule has 2 N–H and O–H groups in total. The number of carbonyl (C=O) groups excluding carboxylic acids is 1. The molecule has 0 aromatic heterocycles. The first-order valence-electron chi connectivity index (χ1n) is 10.4. The molecule has 1 saturated heterocycles. The molecule has 1 aromatic carbocycles. The van der Waals surface area contributed by atoms with Crippen LogP contribution in [-0.4, -0.2) is 50.0 Å².